The zero-order valence-electron chi connectivity index (χ0n) is 14.8. The average Bonchev–Trinajstić information content (AvgIpc) is 2.59. The Labute approximate surface area is 171 Å². The van der Waals surface area contributed by atoms with Gasteiger partial charge in [0.25, 0.3) is 0 Å². The quantitative estimate of drug-likeness (QED) is 0.257. The molecule has 1 aliphatic heterocycles. The van der Waals surface area contributed by atoms with E-state index in [1.54, 1.807) is 0 Å². The van der Waals surface area contributed by atoms with Crippen LogP contribution in [-0.2, 0) is 11.3 Å². The Kier molecular flexibility index (Phi) is 11.0. The van der Waals surface area contributed by atoms with E-state index in [-0.39, 0.29) is 24.0 Å². The first-order chi connectivity index (χ1) is 11.7. The van der Waals surface area contributed by atoms with Gasteiger partial charge in [-0.05, 0) is 38.0 Å². The number of rotatable bonds is 8. The smallest absolute Gasteiger partial charge is 0.191 e. The molecular weight excluding hydrogens is 457 g/mol. The second-order valence-electron chi connectivity index (χ2n) is 5.27. The van der Waals surface area contributed by atoms with E-state index < -0.39 is 0 Å². The van der Waals surface area contributed by atoms with E-state index in [0.29, 0.717) is 36.3 Å². The minimum absolute atomic E-state index is 0. The number of guanidine groups is 1. The minimum Gasteiger partial charge on any atom is -0.486 e. The second-order valence-corrected chi connectivity index (χ2v) is 5.68. The monoisotopic (exact) mass is 483 g/mol. The fourth-order valence-corrected chi connectivity index (χ4v) is 2.58. The summed E-state index contributed by atoms with van der Waals surface area (Å²) in [5.74, 6) is 2.09. The molecule has 0 bridgehead atoms. The molecule has 0 radical (unpaired) electrons. The van der Waals surface area contributed by atoms with Gasteiger partial charge in [0.2, 0.25) is 0 Å². The van der Waals surface area contributed by atoms with Gasteiger partial charge >= 0.3 is 0 Å². The van der Waals surface area contributed by atoms with Gasteiger partial charge in [0.1, 0.15) is 13.2 Å². The number of ether oxygens (including phenoxy) is 3. The van der Waals surface area contributed by atoms with E-state index in [0.717, 1.165) is 44.2 Å². The van der Waals surface area contributed by atoms with Crippen LogP contribution in [0.1, 0.15) is 25.8 Å². The van der Waals surface area contributed by atoms with E-state index in [2.05, 4.69) is 15.6 Å². The molecule has 8 heteroatoms. The van der Waals surface area contributed by atoms with Crippen molar-refractivity contribution in [3.63, 3.8) is 0 Å². The van der Waals surface area contributed by atoms with Gasteiger partial charge < -0.3 is 24.8 Å². The van der Waals surface area contributed by atoms with Gasteiger partial charge in [-0.2, -0.15) is 0 Å². The largest absolute Gasteiger partial charge is 0.486 e. The number of hydrogen-bond donors (Lipinski definition) is 2. The normalized spacial score (nSPS) is 13.2. The van der Waals surface area contributed by atoms with Gasteiger partial charge in [0, 0.05) is 26.3 Å². The van der Waals surface area contributed by atoms with Crippen molar-refractivity contribution in [1.82, 2.24) is 10.6 Å². The lowest BCUT2D eigenvalue weighted by Crippen LogP contribution is -2.38. The summed E-state index contributed by atoms with van der Waals surface area (Å²) in [6, 6.07) is 3.81. The third kappa shape index (κ3) is 7.45. The third-order valence-electron chi connectivity index (χ3n) is 3.38. The van der Waals surface area contributed by atoms with Crippen LogP contribution >= 0.6 is 35.6 Å². The summed E-state index contributed by atoms with van der Waals surface area (Å²) in [6.07, 6.45) is 0.939. The van der Waals surface area contributed by atoms with Crippen molar-refractivity contribution in [3.8, 4) is 11.5 Å². The molecular formula is C17H27ClIN3O3. The molecule has 0 aromatic heterocycles. The van der Waals surface area contributed by atoms with E-state index in [1.807, 2.05) is 26.0 Å². The van der Waals surface area contributed by atoms with E-state index in [1.165, 1.54) is 0 Å². The van der Waals surface area contributed by atoms with Gasteiger partial charge in [-0.3, -0.25) is 0 Å². The summed E-state index contributed by atoms with van der Waals surface area (Å²) < 4.78 is 16.5. The van der Waals surface area contributed by atoms with Crippen molar-refractivity contribution in [2.24, 2.45) is 4.99 Å². The standard InChI is InChI=1S/C17H26ClN3O3.HI/c1-3-19-17(20-6-5-7-22-4-2)21-12-13-10-14(18)16-15(11-13)23-8-9-24-16;/h10-11H,3-9,12H2,1-2H3,(H2,19,20,21);1H. The highest BCUT2D eigenvalue weighted by atomic mass is 127. The van der Waals surface area contributed by atoms with Crippen LogP contribution in [-0.4, -0.2) is 45.5 Å². The van der Waals surface area contributed by atoms with E-state index >= 15 is 0 Å². The molecule has 0 spiro atoms. The molecule has 1 aromatic rings. The summed E-state index contributed by atoms with van der Waals surface area (Å²) >= 11 is 6.26. The van der Waals surface area contributed by atoms with Crippen molar-refractivity contribution < 1.29 is 14.2 Å². The van der Waals surface area contributed by atoms with Gasteiger partial charge in [-0.25, -0.2) is 4.99 Å². The van der Waals surface area contributed by atoms with Crippen molar-refractivity contribution in [2.45, 2.75) is 26.8 Å². The predicted octanol–water partition coefficient (Wildman–Crippen LogP) is 3.21. The van der Waals surface area contributed by atoms with Crippen LogP contribution in [0.15, 0.2) is 17.1 Å². The fraction of sp³-hybridized carbons (Fsp3) is 0.588. The molecule has 0 fully saturated rings. The van der Waals surface area contributed by atoms with Crippen LogP contribution in [0.5, 0.6) is 11.5 Å². The number of benzene rings is 1. The SMILES string of the molecule is CCNC(=NCc1cc(Cl)c2c(c1)OCCO2)NCCCOCC.I. The number of nitrogens with one attached hydrogen (secondary N) is 2. The lowest BCUT2D eigenvalue weighted by atomic mass is 10.2. The highest BCUT2D eigenvalue weighted by molar-refractivity contribution is 14.0. The first-order valence-corrected chi connectivity index (χ1v) is 8.80. The minimum atomic E-state index is 0. The maximum absolute atomic E-state index is 6.26. The van der Waals surface area contributed by atoms with Crippen LogP contribution in [0.25, 0.3) is 0 Å². The number of halogens is 2. The third-order valence-corrected chi connectivity index (χ3v) is 3.66. The van der Waals surface area contributed by atoms with Crippen molar-refractivity contribution in [3.05, 3.63) is 22.7 Å². The molecule has 0 amide bonds. The molecule has 0 unspecified atom stereocenters. The average molecular weight is 484 g/mol. The van der Waals surface area contributed by atoms with Crippen LogP contribution < -0.4 is 20.1 Å². The molecule has 142 valence electrons. The molecule has 1 heterocycles. The van der Waals surface area contributed by atoms with Gasteiger partial charge in [0.15, 0.2) is 17.5 Å². The van der Waals surface area contributed by atoms with Crippen molar-refractivity contribution in [2.75, 3.05) is 39.5 Å². The fourth-order valence-electron chi connectivity index (χ4n) is 2.29. The highest BCUT2D eigenvalue weighted by Crippen LogP contribution is 2.38. The molecule has 1 aliphatic rings. The zero-order valence-corrected chi connectivity index (χ0v) is 17.9. The predicted molar refractivity (Wildman–Crippen MR) is 112 cm³/mol. The zero-order chi connectivity index (χ0) is 17.2. The van der Waals surface area contributed by atoms with Crippen molar-refractivity contribution >= 4 is 41.5 Å². The summed E-state index contributed by atoms with van der Waals surface area (Å²) in [5, 5.41) is 7.09. The van der Waals surface area contributed by atoms with Crippen LogP contribution in [0.2, 0.25) is 5.02 Å². The summed E-state index contributed by atoms with van der Waals surface area (Å²) in [5.41, 5.74) is 0.982. The Morgan fingerprint density at radius 1 is 1.24 bits per heavy atom. The van der Waals surface area contributed by atoms with Crippen molar-refractivity contribution in [1.29, 1.82) is 0 Å². The molecule has 0 saturated carbocycles. The molecule has 2 N–H and O–H groups in total. The maximum atomic E-state index is 6.26. The Bertz CT molecular complexity index is 558. The molecule has 6 nitrogen and oxygen atoms in total. The molecule has 0 atom stereocenters. The van der Waals surface area contributed by atoms with E-state index in [4.69, 9.17) is 25.8 Å². The number of fused-ring (bicyclic) bond motifs is 1. The lowest BCUT2D eigenvalue weighted by molar-refractivity contribution is 0.145. The highest BCUT2D eigenvalue weighted by Gasteiger charge is 2.16. The lowest BCUT2D eigenvalue weighted by Gasteiger charge is -2.20. The molecule has 2 rings (SSSR count). The Morgan fingerprint density at radius 3 is 2.80 bits per heavy atom. The van der Waals surface area contributed by atoms with Gasteiger partial charge in [0.05, 0.1) is 11.6 Å². The number of hydrogen-bond acceptors (Lipinski definition) is 4. The summed E-state index contributed by atoms with van der Waals surface area (Å²) in [4.78, 5) is 4.59. The first-order valence-electron chi connectivity index (χ1n) is 8.42. The van der Waals surface area contributed by atoms with Gasteiger partial charge in [-0.15, -0.1) is 24.0 Å². The van der Waals surface area contributed by atoms with Crippen LogP contribution in [0, 0.1) is 0 Å². The topological polar surface area (TPSA) is 64.1 Å². The molecule has 0 saturated heterocycles. The van der Waals surface area contributed by atoms with Crippen LogP contribution in [0.3, 0.4) is 0 Å². The first kappa shape index (κ1) is 22.1. The summed E-state index contributed by atoms with van der Waals surface area (Å²) in [7, 11) is 0. The summed E-state index contributed by atoms with van der Waals surface area (Å²) in [6.45, 7) is 8.74. The molecule has 25 heavy (non-hydrogen) atoms. The Morgan fingerprint density at radius 2 is 2.04 bits per heavy atom. The maximum Gasteiger partial charge on any atom is 0.191 e. The number of nitrogens with zero attached hydrogens (tertiary/aromatic N) is 1. The van der Waals surface area contributed by atoms with Crippen LogP contribution in [0.4, 0.5) is 0 Å². The number of aliphatic imine (C=N–C) groups is 1. The van der Waals surface area contributed by atoms with E-state index in [9.17, 15) is 0 Å². The molecule has 0 aliphatic carbocycles. The Balaban J connectivity index is 0.00000312. The second kappa shape index (κ2) is 12.4. The molecule has 1 aromatic carbocycles. The van der Waals surface area contributed by atoms with Gasteiger partial charge in [-0.1, -0.05) is 11.6 Å². The Hall–Kier alpha value is -0.930.